The van der Waals surface area contributed by atoms with Crippen LogP contribution in [0.15, 0.2) is 12.3 Å². The lowest BCUT2D eigenvalue weighted by atomic mass is 10.0. The van der Waals surface area contributed by atoms with Gasteiger partial charge in [0.05, 0.1) is 10.0 Å². The summed E-state index contributed by atoms with van der Waals surface area (Å²) in [5.74, 6) is -0.380. The van der Waals surface area contributed by atoms with Gasteiger partial charge in [-0.05, 0) is 5.92 Å². The number of hydrogen-bond acceptors (Lipinski definition) is 3. The van der Waals surface area contributed by atoms with E-state index in [1.807, 2.05) is 13.8 Å². The summed E-state index contributed by atoms with van der Waals surface area (Å²) in [6.45, 7) is 5.03. The topological polar surface area (TPSA) is 71.1 Å². The van der Waals surface area contributed by atoms with Gasteiger partial charge in [-0.2, -0.15) is 0 Å². The van der Waals surface area contributed by atoms with Crippen LogP contribution in [0.25, 0.3) is 0 Å². The predicted octanol–water partition coefficient (Wildman–Crippen LogP) is 2.49. The minimum absolute atomic E-state index is 0.0494. The molecule has 104 valence electrons. The van der Waals surface area contributed by atoms with Crippen molar-refractivity contribution in [1.29, 1.82) is 0 Å². The summed E-state index contributed by atoms with van der Waals surface area (Å²) in [7, 11) is 0. The predicted molar refractivity (Wildman–Crippen MR) is 75.3 cm³/mol. The zero-order chi connectivity index (χ0) is 14.6. The van der Waals surface area contributed by atoms with Gasteiger partial charge in [-0.3, -0.25) is 9.59 Å². The fourth-order valence-corrected chi connectivity index (χ4v) is 1.70. The second-order valence-electron chi connectivity index (χ2n) is 4.40. The van der Waals surface area contributed by atoms with E-state index in [0.29, 0.717) is 10.0 Å². The first-order valence-corrected chi connectivity index (χ1v) is 6.46. The fourth-order valence-electron chi connectivity index (χ4n) is 1.44. The van der Waals surface area contributed by atoms with Gasteiger partial charge in [0.2, 0.25) is 11.8 Å². The van der Waals surface area contributed by atoms with Crippen LogP contribution in [-0.4, -0.2) is 22.8 Å². The van der Waals surface area contributed by atoms with Crippen molar-refractivity contribution in [1.82, 2.24) is 10.3 Å². The molecule has 0 aromatic carbocycles. The summed E-state index contributed by atoms with van der Waals surface area (Å²) in [4.78, 5) is 27.1. The summed E-state index contributed by atoms with van der Waals surface area (Å²) in [6, 6.07) is 0.821. The van der Waals surface area contributed by atoms with Crippen molar-refractivity contribution in [2.45, 2.75) is 26.8 Å². The lowest BCUT2D eigenvalue weighted by molar-refractivity contribution is -0.126. The van der Waals surface area contributed by atoms with E-state index in [4.69, 9.17) is 23.2 Å². The Morgan fingerprint density at radius 1 is 1.26 bits per heavy atom. The van der Waals surface area contributed by atoms with Gasteiger partial charge in [-0.25, -0.2) is 4.98 Å². The van der Waals surface area contributed by atoms with E-state index in [9.17, 15) is 9.59 Å². The van der Waals surface area contributed by atoms with Crippen molar-refractivity contribution in [3.63, 3.8) is 0 Å². The molecule has 19 heavy (non-hydrogen) atoms. The molecule has 0 aliphatic heterocycles. The number of anilines is 1. The molecule has 0 bridgehead atoms. The number of aromatic nitrogens is 1. The maximum atomic E-state index is 12.0. The van der Waals surface area contributed by atoms with Crippen molar-refractivity contribution in [2.75, 3.05) is 5.32 Å². The Morgan fingerprint density at radius 3 is 2.37 bits per heavy atom. The second kappa shape index (κ2) is 6.73. The summed E-state index contributed by atoms with van der Waals surface area (Å²) >= 11 is 11.6. The third kappa shape index (κ3) is 4.69. The Balaban J connectivity index is 2.81. The van der Waals surface area contributed by atoms with E-state index >= 15 is 0 Å². The SMILES string of the molecule is CC(=O)N[C@@H](C(=O)Nc1cc(Cl)c(Cl)cn1)C(C)C. The summed E-state index contributed by atoms with van der Waals surface area (Å²) in [5, 5.41) is 5.78. The van der Waals surface area contributed by atoms with Gasteiger partial charge in [0.15, 0.2) is 0 Å². The third-order valence-electron chi connectivity index (χ3n) is 2.37. The van der Waals surface area contributed by atoms with Gasteiger partial charge in [-0.15, -0.1) is 0 Å². The number of rotatable bonds is 4. The summed E-state index contributed by atoms with van der Waals surface area (Å²) in [6.07, 6.45) is 1.35. The normalized spacial score (nSPS) is 12.1. The monoisotopic (exact) mass is 303 g/mol. The Bertz CT molecular complexity index is 492. The Labute approximate surface area is 121 Å². The van der Waals surface area contributed by atoms with Crippen molar-refractivity contribution in [3.8, 4) is 0 Å². The van der Waals surface area contributed by atoms with Crippen LogP contribution in [0, 0.1) is 5.92 Å². The quantitative estimate of drug-likeness (QED) is 0.897. The second-order valence-corrected chi connectivity index (χ2v) is 5.21. The minimum Gasteiger partial charge on any atom is -0.344 e. The molecule has 2 amide bonds. The third-order valence-corrected chi connectivity index (χ3v) is 3.08. The number of carbonyl (C=O) groups excluding carboxylic acids is 2. The molecule has 1 heterocycles. The van der Waals surface area contributed by atoms with Gasteiger partial charge >= 0.3 is 0 Å². The van der Waals surface area contributed by atoms with Crippen LogP contribution in [0.3, 0.4) is 0 Å². The first-order chi connectivity index (χ1) is 8.81. The standard InChI is InChI=1S/C12H15Cl2N3O2/c1-6(2)11(16-7(3)18)12(19)17-10-4-8(13)9(14)5-15-10/h4-6,11H,1-3H3,(H,16,18)(H,15,17,19)/t11-/m1/s1. The molecule has 7 heteroatoms. The molecule has 1 aromatic heterocycles. The highest BCUT2D eigenvalue weighted by molar-refractivity contribution is 6.42. The largest absolute Gasteiger partial charge is 0.344 e. The van der Waals surface area contributed by atoms with Crippen molar-refractivity contribution in [2.24, 2.45) is 5.92 Å². The number of nitrogens with zero attached hydrogens (tertiary/aromatic N) is 1. The van der Waals surface area contributed by atoms with Crippen molar-refractivity contribution in [3.05, 3.63) is 22.3 Å². The van der Waals surface area contributed by atoms with E-state index < -0.39 is 6.04 Å². The molecule has 0 spiro atoms. The molecule has 0 aliphatic rings. The molecule has 0 aliphatic carbocycles. The molecular formula is C12H15Cl2N3O2. The van der Waals surface area contributed by atoms with E-state index in [2.05, 4.69) is 15.6 Å². The number of pyridine rings is 1. The zero-order valence-electron chi connectivity index (χ0n) is 10.8. The smallest absolute Gasteiger partial charge is 0.248 e. The average Bonchev–Trinajstić information content (AvgIpc) is 2.30. The van der Waals surface area contributed by atoms with Crippen LogP contribution < -0.4 is 10.6 Å². The first kappa shape index (κ1) is 15.7. The molecule has 5 nitrogen and oxygen atoms in total. The molecule has 0 fully saturated rings. The number of carbonyl (C=O) groups is 2. The number of halogens is 2. The van der Waals surface area contributed by atoms with Crippen LogP contribution in [0.1, 0.15) is 20.8 Å². The van der Waals surface area contributed by atoms with Gasteiger partial charge in [-0.1, -0.05) is 37.0 Å². The van der Waals surface area contributed by atoms with Gasteiger partial charge < -0.3 is 10.6 Å². The zero-order valence-corrected chi connectivity index (χ0v) is 12.3. The van der Waals surface area contributed by atoms with E-state index in [0.717, 1.165) is 0 Å². The van der Waals surface area contributed by atoms with Gasteiger partial charge in [0, 0.05) is 19.2 Å². The highest BCUT2D eigenvalue weighted by Crippen LogP contribution is 2.23. The van der Waals surface area contributed by atoms with Crippen LogP contribution in [-0.2, 0) is 9.59 Å². The molecule has 0 unspecified atom stereocenters. The molecule has 1 atom stereocenters. The highest BCUT2D eigenvalue weighted by Gasteiger charge is 2.23. The lowest BCUT2D eigenvalue weighted by Crippen LogP contribution is -2.46. The fraction of sp³-hybridized carbons (Fsp3) is 0.417. The Hall–Kier alpha value is -1.33. The molecule has 1 rings (SSSR count). The van der Waals surface area contributed by atoms with Crippen LogP contribution in [0.2, 0.25) is 10.0 Å². The lowest BCUT2D eigenvalue weighted by Gasteiger charge is -2.20. The molecule has 0 saturated carbocycles. The van der Waals surface area contributed by atoms with E-state index in [-0.39, 0.29) is 23.6 Å². The van der Waals surface area contributed by atoms with E-state index in [1.54, 1.807) is 0 Å². The summed E-state index contributed by atoms with van der Waals surface area (Å²) < 4.78 is 0. The van der Waals surface area contributed by atoms with Crippen LogP contribution in [0.4, 0.5) is 5.82 Å². The minimum atomic E-state index is -0.631. The number of nitrogens with one attached hydrogen (secondary N) is 2. The van der Waals surface area contributed by atoms with Crippen molar-refractivity contribution >= 4 is 40.8 Å². The maximum Gasteiger partial charge on any atom is 0.248 e. The van der Waals surface area contributed by atoms with Gasteiger partial charge in [0.25, 0.3) is 0 Å². The van der Waals surface area contributed by atoms with Crippen LogP contribution >= 0.6 is 23.2 Å². The average molecular weight is 304 g/mol. The molecule has 0 radical (unpaired) electrons. The molecular weight excluding hydrogens is 289 g/mol. The maximum absolute atomic E-state index is 12.0. The Kier molecular flexibility index (Phi) is 5.57. The van der Waals surface area contributed by atoms with Crippen LogP contribution in [0.5, 0.6) is 0 Å². The highest BCUT2D eigenvalue weighted by atomic mass is 35.5. The Morgan fingerprint density at radius 2 is 1.89 bits per heavy atom. The van der Waals surface area contributed by atoms with Crippen molar-refractivity contribution < 1.29 is 9.59 Å². The molecule has 2 N–H and O–H groups in total. The number of hydrogen-bond donors (Lipinski definition) is 2. The first-order valence-electron chi connectivity index (χ1n) is 5.70. The summed E-state index contributed by atoms with van der Waals surface area (Å²) in [5.41, 5.74) is 0. The van der Waals surface area contributed by atoms with E-state index in [1.165, 1.54) is 19.2 Å². The molecule has 0 saturated heterocycles. The molecule has 1 aromatic rings. The van der Waals surface area contributed by atoms with Gasteiger partial charge in [0.1, 0.15) is 11.9 Å². The number of amides is 2.